The Hall–Kier alpha value is -3.02. The lowest BCUT2D eigenvalue weighted by atomic mass is 9.74. The lowest BCUT2D eigenvalue weighted by Gasteiger charge is -2.45. The van der Waals surface area contributed by atoms with Gasteiger partial charge in [0, 0.05) is 43.2 Å². The first kappa shape index (κ1) is 26.6. The molecule has 2 aromatic rings. The normalized spacial score (nSPS) is 22.5. The van der Waals surface area contributed by atoms with Gasteiger partial charge in [-0.25, -0.2) is 4.39 Å². The number of anilines is 1. The number of benzene rings is 1. The van der Waals surface area contributed by atoms with E-state index in [9.17, 15) is 24.2 Å². The highest BCUT2D eigenvalue weighted by Crippen LogP contribution is 2.35. The first-order chi connectivity index (χ1) is 16.8. The number of likely N-dealkylation sites (tertiary alicyclic amines) is 1. The van der Waals surface area contributed by atoms with Gasteiger partial charge in [-0.3, -0.25) is 14.4 Å². The number of nitrogens with zero attached hydrogens (tertiary/aromatic N) is 2. The van der Waals surface area contributed by atoms with E-state index in [4.69, 9.17) is 14.6 Å². The second-order valence-corrected chi connectivity index (χ2v) is 8.89. The monoisotopic (exact) mass is 493 g/mol. The topological polar surface area (TPSA) is 143 Å². The summed E-state index contributed by atoms with van der Waals surface area (Å²) in [5.74, 6) is -0.996. The minimum atomic E-state index is -0.800. The zero-order chi connectivity index (χ0) is 25.6. The minimum Gasteiger partial charge on any atom is -0.483 e. The van der Waals surface area contributed by atoms with Crippen molar-refractivity contribution in [3.63, 3.8) is 0 Å². The van der Waals surface area contributed by atoms with Crippen LogP contribution >= 0.6 is 0 Å². The molecule has 4 N–H and O–H groups in total. The van der Waals surface area contributed by atoms with E-state index in [-0.39, 0.29) is 37.1 Å². The van der Waals surface area contributed by atoms with Gasteiger partial charge in [0.05, 0.1) is 37.1 Å². The van der Waals surface area contributed by atoms with E-state index in [0.717, 1.165) is 6.42 Å². The number of H-pyrrole nitrogens is 1. The third-order valence-electron chi connectivity index (χ3n) is 6.77. The van der Waals surface area contributed by atoms with Crippen LogP contribution in [0.3, 0.4) is 0 Å². The Labute approximate surface area is 201 Å². The summed E-state index contributed by atoms with van der Waals surface area (Å²) in [6.07, 6.45) is 2.31. The average Bonchev–Trinajstić information content (AvgIpc) is 2.86. The Morgan fingerprint density at radius 2 is 2.00 bits per heavy atom. The summed E-state index contributed by atoms with van der Waals surface area (Å²) in [6.45, 7) is 4.07. The maximum absolute atomic E-state index is 14.9. The third-order valence-corrected chi connectivity index (χ3v) is 6.77. The molecule has 2 aliphatic rings. The van der Waals surface area contributed by atoms with E-state index in [0.29, 0.717) is 50.3 Å². The van der Waals surface area contributed by atoms with Crippen LogP contribution in [0.25, 0.3) is 10.9 Å². The number of fused-ring (bicyclic) bond motifs is 1. The molecule has 3 heterocycles. The van der Waals surface area contributed by atoms with Crippen LogP contribution in [-0.2, 0) is 9.53 Å². The molecule has 2 aliphatic heterocycles. The summed E-state index contributed by atoms with van der Waals surface area (Å²) in [6, 6.07) is 2.78. The predicted octanol–water partition coefficient (Wildman–Crippen LogP) is 1.19. The van der Waals surface area contributed by atoms with Gasteiger partial charge in [0.1, 0.15) is 11.4 Å². The lowest BCUT2D eigenvalue weighted by molar-refractivity contribution is -0.122. The fourth-order valence-electron chi connectivity index (χ4n) is 4.91. The van der Waals surface area contributed by atoms with Gasteiger partial charge in [-0.05, 0) is 25.0 Å². The minimum absolute atomic E-state index is 0.0734. The highest BCUT2D eigenvalue weighted by atomic mass is 19.1. The van der Waals surface area contributed by atoms with Crippen LogP contribution in [0.2, 0.25) is 0 Å². The molecular formula is C24H32FN3O7. The van der Waals surface area contributed by atoms with Crippen molar-refractivity contribution >= 4 is 29.0 Å². The quantitative estimate of drug-likeness (QED) is 0.455. The van der Waals surface area contributed by atoms with Crippen molar-refractivity contribution in [1.29, 1.82) is 0 Å². The molecule has 1 amide bonds. The van der Waals surface area contributed by atoms with Gasteiger partial charge < -0.3 is 34.8 Å². The predicted molar refractivity (Wildman–Crippen MR) is 127 cm³/mol. The number of aromatic amines is 1. The number of hydrogen-bond acceptors (Lipinski definition) is 7. The van der Waals surface area contributed by atoms with E-state index >= 15 is 0 Å². The molecule has 4 rings (SSSR count). The Morgan fingerprint density at radius 3 is 2.63 bits per heavy atom. The van der Waals surface area contributed by atoms with Crippen LogP contribution in [0.4, 0.5) is 10.1 Å². The van der Waals surface area contributed by atoms with E-state index in [2.05, 4.69) is 4.98 Å². The van der Waals surface area contributed by atoms with Gasteiger partial charge in [0.15, 0.2) is 0 Å². The number of carbonyl (C=O) groups excluding carboxylic acids is 1. The molecule has 10 nitrogen and oxygen atoms in total. The van der Waals surface area contributed by atoms with E-state index in [1.165, 1.54) is 17.2 Å². The van der Waals surface area contributed by atoms with Crippen LogP contribution in [0.15, 0.2) is 23.1 Å². The molecule has 192 valence electrons. The van der Waals surface area contributed by atoms with Crippen molar-refractivity contribution in [3.05, 3.63) is 39.9 Å². The van der Waals surface area contributed by atoms with Crippen molar-refractivity contribution < 1.29 is 34.0 Å². The number of piperidine rings is 1. The van der Waals surface area contributed by atoms with Crippen LogP contribution in [0.1, 0.15) is 36.5 Å². The van der Waals surface area contributed by atoms with E-state index in [1.807, 2.05) is 11.8 Å². The molecule has 0 radical (unpaired) electrons. The second-order valence-electron chi connectivity index (χ2n) is 8.89. The zero-order valence-corrected chi connectivity index (χ0v) is 19.7. The Bertz CT molecular complexity index is 1100. The molecule has 0 saturated carbocycles. The molecule has 0 aliphatic carbocycles. The molecule has 35 heavy (non-hydrogen) atoms. The number of halogens is 1. The van der Waals surface area contributed by atoms with E-state index < -0.39 is 28.7 Å². The van der Waals surface area contributed by atoms with E-state index in [1.54, 1.807) is 6.07 Å². The number of aliphatic hydroxyl groups excluding tert-OH is 2. The Kier molecular flexibility index (Phi) is 8.82. The molecule has 0 bridgehead atoms. The summed E-state index contributed by atoms with van der Waals surface area (Å²) in [5, 5.41) is 27.4. The fourth-order valence-corrected chi connectivity index (χ4v) is 4.91. The summed E-state index contributed by atoms with van der Waals surface area (Å²) < 4.78 is 20.2. The highest BCUT2D eigenvalue weighted by Gasteiger charge is 2.43. The molecule has 2 saturated heterocycles. The second kappa shape index (κ2) is 11.6. The van der Waals surface area contributed by atoms with Crippen molar-refractivity contribution in [1.82, 2.24) is 9.88 Å². The number of ether oxygens (including phenoxy) is 1. The number of pyridine rings is 1. The van der Waals surface area contributed by atoms with Crippen LogP contribution < -0.4 is 10.3 Å². The van der Waals surface area contributed by atoms with Crippen molar-refractivity contribution in [2.75, 3.05) is 50.9 Å². The maximum Gasteiger partial charge on any atom is 0.290 e. The van der Waals surface area contributed by atoms with Gasteiger partial charge in [0.25, 0.3) is 12.4 Å². The Morgan fingerprint density at radius 1 is 1.31 bits per heavy atom. The number of amides is 1. The highest BCUT2D eigenvalue weighted by molar-refractivity contribution is 5.97. The van der Waals surface area contributed by atoms with Crippen molar-refractivity contribution in [3.8, 4) is 0 Å². The standard InChI is InChI=1S/C23H30FN3O5.CH2O2/c1-2-4-23(14-28)13-27(5-3-20(23)29)22(31)16-12-25-18-11-19(26-6-8-32-9-7-26)17(24)10-15(18)21(16)30;2-1-3/h10-12,20,28-29H,2-9,13-14H2,1H3,(H,25,30);1H,(H,2,3)/t20-,23+;/m0./s1. The van der Waals surface area contributed by atoms with Gasteiger partial charge in [0.2, 0.25) is 5.43 Å². The molecule has 1 aromatic carbocycles. The molecule has 0 unspecified atom stereocenters. The first-order valence-corrected chi connectivity index (χ1v) is 11.7. The maximum atomic E-state index is 14.9. The number of carbonyl (C=O) groups is 2. The van der Waals surface area contributed by atoms with Gasteiger partial charge in [-0.2, -0.15) is 0 Å². The van der Waals surface area contributed by atoms with Crippen molar-refractivity contribution in [2.24, 2.45) is 5.41 Å². The lowest BCUT2D eigenvalue weighted by Crippen LogP contribution is -2.55. The molecule has 1 aromatic heterocycles. The fraction of sp³-hybridized carbons (Fsp3) is 0.542. The summed E-state index contributed by atoms with van der Waals surface area (Å²) in [5.41, 5.74) is -0.555. The summed E-state index contributed by atoms with van der Waals surface area (Å²) >= 11 is 0. The van der Waals surface area contributed by atoms with Gasteiger partial charge >= 0.3 is 0 Å². The van der Waals surface area contributed by atoms with Gasteiger partial charge in [-0.15, -0.1) is 0 Å². The number of rotatable bonds is 5. The molecule has 11 heteroatoms. The van der Waals surface area contributed by atoms with Crippen LogP contribution in [0.5, 0.6) is 0 Å². The smallest absolute Gasteiger partial charge is 0.290 e. The number of aliphatic hydroxyl groups is 2. The van der Waals surface area contributed by atoms with Crippen molar-refractivity contribution in [2.45, 2.75) is 32.3 Å². The van der Waals surface area contributed by atoms with Gasteiger partial charge in [-0.1, -0.05) is 13.3 Å². The number of hydrogen-bond donors (Lipinski definition) is 4. The summed E-state index contributed by atoms with van der Waals surface area (Å²) in [4.78, 5) is 41.0. The molecule has 2 atom stereocenters. The molecular weight excluding hydrogens is 461 g/mol. The third kappa shape index (κ3) is 5.47. The molecule has 2 fully saturated rings. The first-order valence-electron chi connectivity index (χ1n) is 11.7. The number of morpholine rings is 1. The summed E-state index contributed by atoms with van der Waals surface area (Å²) in [7, 11) is 0. The number of nitrogens with one attached hydrogen (secondary N) is 1. The number of aromatic nitrogens is 1. The van der Waals surface area contributed by atoms with Crippen LogP contribution in [-0.4, -0.2) is 89.7 Å². The van der Waals surface area contributed by atoms with Crippen LogP contribution in [0, 0.1) is 11.2 Å². The SMILES string of the molecule is CCC[C@]1(CO)CN(C(=O)c2c[nH]c3cc(N4CCOCC4)c(F)cc3c2=O)CC[C@@H]1O.O=CO. The number of carboxylic acid groups (broad SMARTS) is 1. The Balaban J connectivity index is 0.00000108. The molecule has 0 spiro atoms. The largest absolute Gasteiger partial charge is 0.483 e. The zero-order valence-electron chi connectivity index (χ0n) is 19.7. The average molecular weight is 494 g/mol.